The molecular formula is C11H12IN5. The monoisotopic (exact) mass is 341 g/mol. The van der Waals surface area contributed by atoms with E-state index in [1.54, 1.807) is 0 Å². The molecule has 0 fully saturated rings. The Balaban J connectivity index is 0.00000108. The van der Waals surface area contributed by atoms with Crippen molar-refractivity contribution in [2.75, 3.05) is 0 Å². The van der Waals surface area contributed by atoms with Gasteiger partial charge in [-0.05, 0) is 24.9 Å². The van der Waals surface area contributed by atoms with Gasteiger partial charge in [-0.1, -0.05) is 4.98 Å². The number of rotatable bonds is 0. The molecule has 0 N–H and O–H groups in total. The lowest BCUT2D eigenvalue weighted by Gasteiger charge is -2.22. The zero-order chi connectivity index (χ0) is 11.1. The summed E-state index contributed by atoms with van der Waals surface area (Å²) in [5, 5.41) is 0. The van der Waals surface area contributed by atoms with E-state index in [1.165, 1.54) is 0 Å². The van der Waals surface area contributed by atoms with Crippen molar-refractivity contribution < 1.29 is 28.5 Å². The lowest BCUT2D eigenvalue weighted by atomic mass is 10.3. The Morgan fingerprint density at radius 3 is 2.94 bits per heavy atom. The molecule has 0 saturated heterocycles. The summed E-state index contributed by atoms with van der Waals surface area (Å²) in [7, 11) is 0. The van der Waals surface area contributed by atoms with Gasteiger partial charge in [-0.3, -0.25) is 4.90 Å². The summed E-state index contributed by atoms with van der Waals surface area (Å²) in [6, 6.07) is 1.98. The number of allylic oxidation sites excluding steroid dienone is 1. The number of hydrogen-bond donors (Lipinski definition) is 0. The summed E-state index contributed by atoms with van der Waals surface area (Å²) in [5.74, 6) is 1.44. The topological polar surface area (TPSA) is 44.7 Å². The van der Waals surface area contributed by atoms with Crippen molar-refractivity contribution in [1.29, 1.82) is 0 Å². The third-order valence-electron chi connectivity index (χ3n) is 2.56. The summed E-state index contributed by atoms with van der Waals surface area (Å²) in [5.41, 5.74) is 1.94. The highest BCUT2D eigenvalue weighted by atomic mass is 127. The minimum Gasteiger partial charge on any atom is -1.00 e. The largest absolute Gasteiger partial charge is 1.00 e. The molecule has 2 aliphatic rings. The van der Waals surface area contributed by atoms with Crippen LogP contribution in [-0.4, -0.2) is 21.6 Å². The first-order valence-electron chi connectivity index (χ1n) is 5.18. The highest BCUT2D eigenvalue weighted by molar-refractivity contribution is 6.04. The van der Waals surface area contributed by atoms with Gasteiger partial charge in [-0.15, -0.1) is 0 Å². The highest BCUT2D eigenvalue weighted by Gasteiger charge is 2.27. The third kappa shape index (κ3) is 2.21. The number of aromatic nitrogens is 2. The molecule has 2 aliphatic heterocycles. The van der Waals surface area contributed by atoms with Gasteiger partial charge in [-0.25, -0.2) is 9.56 Å². The van der Waals surface area contributed by atoms with E-state index in [9.17, 15) is 0 Å². The van der Waals surface area contributed by atoms with Crippen LogP contribution in [-0.2, 0) is 6.67 Å². The first kappa shape index (κ1) is 12.2. The lowest BCUT2D eigenvalue weighted by molar-refractivity contribution is -0.702. The molecule has 3 rings (SSSR count). The average molecular weight is 341 g/mol. The van der Waals surface area contributed by atoms with Crippen LogP contribution in [0.15, 0.2) is 34.5 Å². The number of aryl methyl sites for hydroxylation is 1. The Labute approximate surface area is 117 Å². The maximum Gasteiger partial charge on any atom is 0.438 e. The van der Waals surface area contributed by atoms with E-state index in [0.717, 1.165) is 23.3 Å². The Kier molecular flexibility index (Phi) is 3.23. The first-order chi connectivity index (χ1) is 7.72. The fourth-order valence-corrected chi connectivity index (χ4v) is 1.70. The van der Waals surface area contributed by atoms with Crippen molar-refractivity contribution >= 4 is 17.6 Å². The molecule has 1 aromatic rings. The SMILES string of the molecule is CC1=NC2=Nc3nc(C)cc[n+]3CN2C=C1.[I-]. The van der Waals surface area contributed by atoms with Gasteiger partial charge in [-0.2, -0.15) is 0 Å². The molecule has 0 amide bonds. The Bertz CT molecular complexity index is 547. The molecule has 0 unspecified atom stereocenters. The second kappa shape index (κ2) is 4.52. The molecule has 0 aliphatic carbocycles. The van der Waals surface area contributed by atoms with Gasteiger partial charge in [0.2, 0.25) is 0 Å². The maximum atomic E-state index is 4.43. The smallest absolute Gasteiger partial charge is 0.438 e. The van der Waals surface area contributed by atoms with Crippen LogP contribution in [0.2, 0.25) is 0 Å². The van der Waals surface area contributed by atoms with Crippen molar-refractivity contribution in [1.82, 2.24) is 9.88 Å². The summed E-state index contributed by atoms with van der Waals surface area (Å²) in [6.07, 6.45) is 5.97. The molecule has 0 bridgehead atoms. The van der Waals surface area contributed by atoms with Crippen molar-refractivity contribution in [3.63, 3.8) is 0 Å². The molecule has 5 nitrogen and oxygen atoms in total. The minimum atomic E-state index is 0. The summed E-state index contributed by atoms with van der Waals surface area (Å²) >= 11 is 0. The maximum absolute atomic E-state index is 4.43. The molecule has 17 heavy (non-hydrogen) atoms. The van der Waals surface area contributed by atoms with Crippen molar-refractivity contribution in [2.24, 2.45) is 9.98 Å². The van der Waals surface area contributed by atoms with Gasteiger partial charge in [0.25, 0.3) is 0 Å². The number of hydrogen-bond acceptors (Lipinski definition) is 4. The Hall–Kier alpha value is -1.31. The zero-order valence-electron chi connectivity index (χ0n) is 9.63. The number of fused-ring (bicyclic) bond motifs is 2. The minimum absolute atomic E-state index is 0. The second-order valence-corrected chi connectivity index (χ2v) is 3.93. The van der Waals surface area contributed by atoms with Crippen LogP contribution in [0.1, 0.15) is 12.6 Å². The molecule has 0 atom stereocenters. The molecule has 0 spiro atoms. The van der Waals surface area contributed by atoms with Gasteiger partial charge in [0, 0.05) is 18.0 Å². The van der Waals surface area contributed by atoms with E-state index in [4.69, 9.17) is 0 Å². The first-order valence-corrected chi connectivity index (χ1v) is 5.18. The highest BCUT2D eigenvalue weighted by Crippen LogP contribution is 2.13. The number of nitrogens with zero attached hydrogens (tertiary/aromatic N) is 5. The Morgan fingerprint density at radius 1 is 1.29 bits per heavy atom. The van der Waals surface area contributed by atoms with Crippen molar-refractivity contribution in [2.45, 2.75) is 20.5 Å². The van der Waals surface area contributed by atoms with Crippen LogP contribution >= 0.6 is 0 Å². The van der Waals surface area contributed by atoms with Gasteiger partial charge >= 0.3 is 11.9 Å². The fourth-order valence-electron chi connectivity index (χ4n) is 1.70. The number of guanidine groups is 1. The quantitative estimate of drug-likeness (QED) is 0.402. The number of aliphatic imine (C=N–C) groups is 2. The standard InChI is InChI=1S/C11H12N5.HI/c1-8-3-5-15-7-16-6-4-9(2)13-11(16)14-10(15)12-8;/h3-6H,7H2,1-2H3;1H/q+1;/p-1. The molecule has 1 aromatic heterocycles. The van der Waals surface area contributed by atoms with Gasteiger partial charge in [0.05, 0.1) is 6.20 Å². The van der Waals surface area contributed by atoms with Crippen molar-refractivity contribution in [3.8, 4) is 0 Å². The average Bonchev–Trinajstić information content (AvgIpc) is 2.26. The predicted octanol–water partition coefficient (Wildman–Crippen LogP) is -2.07. The van der Waals surface area contributed by atoms with Gasteiger partial charge in [0.1, 0.15) is 5.69 Å². The van der Waals surface area contributed by atoms with Gasteiger partial charge < -0.3 is 24.0 Å². The Morgan fingerprint density at radius 2 is 2.12 bits per heavy atom. The van der Waals surface area contributed by atoms with E-state index >= 15 is 0 Å². The van der Waals surface area contributed by atoms with E-state index in [1.807, 2.05) is 47.9 Å². The van der Waals surface area contributed by atoms with E-state index in [-0.39, 0.29) is 24.0 Å². The second-order valence-electron chi connectivity index (χ2n) is 3.93. The van der Waals surface area contributed by atoms with Crippen LogP contribution in [0.3, 0.4) is 0 Å². The number of halogens is 1. The lowest BCUT2D eigenvalue weighted by Crippen LogP contribution is -3.00. The summed E-state index contributed by atoms with van der Waals surface area (Å²) in [4.78, 5) is 15.2. The summed E-state index contributed by atoms with van der Waals surface area (Å²) < 4.78 is 2.00. The molecule has 0 aromatic carbocycles. The van der Waals surface area contributed by atoms with E-state index in [2.05, 4.69) is 15.0 Å². The van der Waals surface area contributed by atoms with Crippen LogP contribution in [0, 0.1) is 6.92 Å². The van der Waals surface area contributed by atoms with Crippen LogP contribution in [0.25, 0.3) is 0 Å². The van der Waals surface area contributed by atoms with E-state index < -0.39 is 0 Å². The molecule has 0 saturated carbocycles. The molecule has 88 valence electrons. The fraction of sp³-hybridized carbons (Fsp3) is 0.273. The molecular weight excluding hydrogens is 329 g/mol. The molecule has 6 heteroatoms. The van der Waals surface area contributed by atoms with Gasteiger partial charge in [0.15, 0.2) is 6.67 Å². The van der Waals surface area contributed by atoms with Crippen molar-refractivity contribution in [3.05, 3.63) is 30.2 Å². The molecule has 3 heterocycles. The van der Waals surface area contributed by atoms with E-state index in [0.29, 0.717) is 6.67 Å². The third-order valence-corrected chi connectivity index (χ3v) is 2.56. The van der Waals surface area contributed by atoms with Crippen LogP contribution in [0.4, 0.5) is 5.95 Å². The predicted molar refractivity (Wildman–Crippen MR) is 60.4 cm³/mol. The normalized spacial score (nSPS) is 16.5. The summed E-state index contributed by atoms with van der Waals surface area (Å²) in [6.45, 7) is 4.64. The van der Waals surface area contributed by atoms with Crippen LogP contribution < -0.4 is 28.5 Å². The molecule has 0 radical (unpaired) electrons. The zero-order valence-corrected chi connectivity index (χ0v) is 11.8. The van der Waals surface area contributed by atoms with Crippen LogP contribution in [0.5, 0.6) is 0 Å².